The molecule has 4 N–H and O–H groups in total. The van der Waals surface area contributed by atoms with Crippen LogP contribution in [0.2, 0.25) is 0 Å². The molecule has 0 atom stereocenters. The third kappa shape index (κ3) is 3.09. The van der Waals surface area contributed by atoms with Crippen molar-refractivity contribution in [3.8, 4) is 0 Å². The smallest absolute Gasteiger partial charge is 0.297 e. The molecule has 0 aliphatic heterocycles. The molecule has 0 unspecified atom stereocenters. The Morgan fingerprint density at radius 2 is 1.40 bits per heavy atom. The molecule has 12 heteroatoms. The molecule has 9 nitrogen and oxygen atoms in total. The highest BCUT2D eigenvalue weighted by atomic mass is 32.2. The van der Waals surface area contributed by atoms with Crippen molar-refractivity contribution >= 4 is 35.8 Å². The first-order valence-corrected chi connectivity index (χ1v) is 9.46. The molecule has 0 aliphatic rings. The van der Waals surface area contributed by atoms with Crippen LogP contribution >= 0.6 is 0 Å². The van der Waals surface area contributed by atoms with Gasteiger partial charge in [0.1, 0.15) is 9.79 Å². The van der Waals surface area contributed by atoms with Crippen LogP contribution in [-0.2, 0) is 30.1 Å². The van der Waals surface area contributed by atoms with Crippen LogP contribution in [0, 0.1) is 0 Å². The van der Waals surface area contributed by atoms with Crippen molar-refractivity contribution in [1.82, 2.24) is 0 Å². The molecule has 20 heavy (non-hydrogen) atoms. The van der Waals surface area contributed by atoms with Crippen molar-refractivity contribution in [1.29, 1.82) is 0 Å². The number of anilines is 1. The summed E-state index contributed by atoms with van der Waals surface area (Å²) in [7, 11) is -14.1. The Hall–Kier alpha value is -1.21. The molecule has 0 fully saturated rings. The van der Waals surface area contributed by atoms with Crippen molar-refractivity contribution in [3.63, 3.8) is 0 Å². The van der Waals surface area contributed by atoms with E-state index < -0.39 is 56.2 Å². The first-order valence-electron chi connectivity index (χ1n) is 4.92. The lowest BCUT2D eigenvalue weighted by Crippen LogP contribution is -2.16. The average molecular weight is 345 g/mol. The molecule has 0 saturated carbocycles. The third-order valence-corrected chi connectivity index (χ3v) is 6.14. The lowest BCUT2D eigenvalue weighted by atomic mass is 10.3. The molecule has 1 aromatic carbocycles. The SMILES string of the molecule is CCS(=O)(=O)c1ccc(S(=O)(=O)O)c(N)c1S(=O)(=O)O. The third-order valence-electron chi connectivity index (χ3n) is 2.37. The van der Waals surface area contributed by atoms with Crippen molar-refractivity contribution in [2.75, 3.05) is 11.5 Å². The van der Waals surface area contributed by atoms with Gasteiger partial charge in [0.25, 0.3) is 20.2 Å². The Morgan fingerprint density at radius 3 is 1.75 bits per heavy atom. The van der Waals surface area contributed by atoms with Crippen molar-refractivity contribution in [3.05, 3.63) is 12.1 Å². The standard InChI is InChI=1S/C8H11NO8S3/c1-2-18(10,11)6-4-3-5(19(12,13)14)7(9)8(6)20(15,16)17/h3-4H,2,9H2,1H3,(H,12,13,14)(H,15,16,17). The largest absolute Gasteiger partial charge is 0.396 e. The molecule has 0 radical (unpaired) electrons. The van der Waals surface area contributed by atoms with Crippen LogP contribution in [0.15, 0.2) is 26.8 Å². The van der Waals surface area contributed by atoms with Crippen LogP contribution in [0.1, 0.15) is 6.92 Å². The normalized spacial score (nSPS) is 13.3. The lowest BCUT2D eigenvalue weighted by Gasteiger charge is -2.12. The first-order chi connectivity index (χ1) is 8.82. The van der Waals surface area contributed by atoms with Gasteiger partial charge in [-0.15, -0.1) is 0 Å². The fraction of sp³-hybridized carbons (Fsp3) is 0.250. The summed E-state index contributed by atoms with van der Waals surface area (Å²) in [6.45, 7) is 1.22. The Labute approximate surface area is 115 Å². The molecule has 0 spiro atoms. The zero-order valence-electron chi connectivity index (χ0n) is 10.0. The monoisotopic (exact) mass is 345 g/mol. The van der Waals surface area contributed by atoms with Crippen LogP contribution in [0.5, 0.6) is 0 Å². The van der Waals surface area contributed by atoms with Crippen molar-refractivity contribution in [2.24, 2.45) is 0 Å². The van der Waals surface area contributed by atoms with Gasteiger partial charge in [-0.2, -0.15) is 16.8 Å². The van der Waals surface area contributed by atoms with Crippen LogP contribution in [0.25, 0.3) is 0 Å². The van der Waals surface area contributed by atoms with Gasteiger partial charge in [0.15, 0.2) is 9.84 Å². The maximum Gasteiger partial charge on any atom is 0.297 e. The van der Waals surface area contributed by atoms with E-state index in [4.69, 9.17) is 14.8 Å². The summed E-state index contributed by atoms with van der Waals surface area (Å²) >= 11 is 0. The van der Waals surface area contributed by atoms with Gasteiger partial charge in [-0.3, -0.25) is 9.11 Å². The molecule has 0 aliphatic carbocycles. The summed E-state index contributed by atoms with van der Waals surface area (Å²) in [5.74, 6) is -0.500. The second kappa shape index (κ2) is 4.96. The molecule has 1 aromatic rings. The van der Waals surface area contributed by atoms with E-state index in [9.17, 15) is 25.3 Å². The minimum absolute atomic E-state index is 0.500. The second-order valence-electron chi connectivity index (χ2n) is 3.66. The Bertz CT molecular complexity index is 851. The highest BCUT2D eigenvalue weighted by Crippen LogP contribution is 2.32. The summed E-state index contributed by atoms with van der Waals surface area (Å²) in [4.78, 5) is -3.12. The first kappa shape index (κ1) is 16.8. The van der Waals surface area contributed by atoms with Gasteiger partial charge in [0.2, 0.25) is 0 Å². The van der Waals surface area contributed by atoms with Gasteiger partial charge in [-0.1, -0.05) is 6.92 Å². The topological polar surface area (TPSA) is 169 Å². The van der Waals surface area contributed by atoms with E-state index in [0.717, 1.165) is 0 Å². The highest BCUT2D eigenvalue weighted by Gasteiger charge is 2.31. The number of hydrogen-bond donors (Lipinski definition) is 3. The summed E-state index contributed by atoms with van der Waals surface area (Å²) in [6.07, 6.45) is 0. The minimum Gasteiger partial charge on any atom is -0.396 e. The zero-order valence-corrected chi connectivity index (χ0v) is 12.5. The maximum atomic E-state index is 11.7. The van der Waals surface area contributed by atoms with Gasteiger partial charge >= 0.3 is 0 Å². The van der Waals surface area contributed by atoms with Gasteiger partial charge in [-0.25, -0.2) is 8.42 Å². The molecule has 1 rings (SSSR count). The van der Waals surface area contributed by atoms with Gasteiger partial charge < -0.3 is 5.73 Å². The average Bonchev–Trinajstić information content (AvgIpc) is 2.25. The van der Waals surface area contributed by atoms with Crippen LogP contribution < -0.4 is 5.73 Å². The van der Waals surface area contributed by atoms with Crippen LogP contribution in [-0.4, -0.2) is 40.1 Å². The molecule has 0 saturated heterocycles. The van der Waals surface area contributed by atoms with Gasteiger partial charge in [0.05, 0.1) is 16.3 Å². The van der Waals surface area contributed by atoms with E-state index in [1.54, 1.807) is 0 Å². The molecule has 0 aromatic heterocycles. The summed E-state index contributed by atoms with van der Waals surface area (Å²) in [5, 5.41) is 0. The molecular formula is C8H11NO8S3. The maximum absolute atomic E-state index is 11.7. The molecular weight excluding hydrogens is 334 g/mol. The summed E-state index contributed by atoms with van der Waals surface area (Å²) in [6, 6.07) is 1.28. The number of nitrogen functional groups attached to an aromatic ring is 1. The van der Waals surface area contributed by atoms with E-state index in [0.29, 0.717) is 12.1 Å². The molecule has 114 valence electrons. The van der Waals surface area contributed by atoms with Crippen molar-refractivity contribution in [2.45, 2.75) is 21.6 Å². The number of nitrogens with two attached hydrogens (primary N) is 1. The Kier molecular flexibility index (Phi) is 4.18. The lowest BCUT2D eigenvalue weighted by molar-refractivity contribution is 0.479. The van der Waals surface area contributed by atoms with E-state index in [1.165, 1.54) is 6.92 Å². The van der Waals surface area contributed by atoms with E-state index in [-0.39, 0.29) is 0 Å². The van der Waals surface area contributed by atoms with Gasteiger partial charge in [0, 0.05) is 0 Å². The Balaban J connectivity index is 4.01. The van der Waals surface area contributed by atoms with Gasteiger partial charge in [-0.05, 0) is 12.1 Å². The fourth-order valence-corrected chi connectivity index (χ4v) is 4.52. The van der Waals surface area contributed by atoms with E-state index >= 15 is 0 Å². The molecule has 0 heterocycles. The number of hydrogen-bond acceptors (Lipinski definition) is 7. The predicted molar refractivity (Wildman–Crippen MR) is 68.2 cm³/mol. The van der Waals surface area contributed by atoms with Crippen LogP contribution in [0.4, 0.5) is 5.69 Å². The van der Waals surface area contributed by atoms with E-state index in [1.807, 2.05) is 0 Å². The number of rotatable bonds is 4. The fourth-order valence-electron chi connectivity index (χ4n) is 1.45. The number of sulfone groups is 1. The number of benzene rings is 1. The Morgan fingerprint density at radius 1 is 0.950 bits per heavy atom. The van der Waals surface area contributed by atoms with E-state index in [2.05, 4.69) is 0 Å². The quantitative estimate of drug-likeness (QED) is 0.483. The molecule has 0 bridgehead atoms. The van der Waals surface area contributed by atoms with Crippen molar-refractivity contribution < 1.29 is 34.4 Å². The predicted octanol–water partition coefficient (Wildman–Crippen LogP) is -0.444. The summed E-state index contributed by atoms with van der Waals surface area (Å²) < 4.78 is 85.9. The zero-order chi connectivity index (χ0) is 15.9. The highest BCUT2D eigenvalue weighted by molar-refractivity contribution is 7.92. The molecule has 0 amide bonds. The summed E-state index contributed by atoms with van der Waals surface area (Å²) in [5.41, 5.74) is 4.20. The van der Waals surface area contributed by atoms with Crippen LogP contribution in [0.3, 0.4) is 0 Å². The second-order valence-corrected chi connectivity index (χ2v) is 8.65. The minimum atomic E-state index is -5.12.